The van der Waals surface area contributed by atoms with Gasteiger partial charge in [-0.15, -0.1) is 0 Å². The zero-order chi connectivity index (χ0) is 22.8. The summed E-state index contributed by atoms with van der Waals surface area (Å²) in [7, 11) is -2.60. The highest BCUT2D eigenvalue weighted by Gasteiger charge is 2.50. The smallest absolute Gasteiger partial charge is 0.268 e. The van der Waals surface area contributed by atoms with Crippen LogP contribution in [0.4, 0.5) is 11.5 Å². The summed E-state index contributed by atoms with van der Waals surface area (Å²) in [6.07, 6.45) is 4.65. The van der Waals surface area contributed by atoms with E-state index in [0.717, 1.165) is 42.6 Å². The Hall–Kier alpha value is -3.11. The molecule has 1 spiro atoms. The molecule has 2 aliphatic carbocycles. The minimum absolute atomic E-state index is 0.0108. The fraction of sp³-hybridized carbons (Fsp3) is 0.391. The van der Waals surface area contributed by atoms with Crippen LogP contribution in [0.1, 0.15) is 30.4 Å². The first kappa shape index (κ1) is 20.5. The molecule has 1 aromatic carbocycles. The van der Waals surface area contributed by atoms with Crippen molar-refractivity contribution in [2.75, 3.05) is 29.8 Å². The average molecular weight is 469 g/mol. The van der Waals surface area contributed by atoms with E-state index in [0.29, 0.717) is 18.7 Å². The van der Waals surface area contributed by atoms with Crippen molar-refractivity contribution in [3.05, 3.63) is 47.7 Å². The maximum Gasteiger partial charge on any atom is 0.268 e. The minimum Gasteiger partial charge on any atom is -0.480 e. The minimum atomic E-state index is -3.98. The first-order valence-electron chi connectivity index (χ1n) is 11.0. The SMILES string of the molecule is COc1ncccc1S(=O)(=O)Nc1noc2c1CC1(CC1)c1ccc(N3CC[C@H](O)C3)cc1-2. The number of aliphatic hydroxyl groups excluding tert-OH is 1. The van der Waals surface area contributed by atoms with E-state index in [1.165, 1.54) is 24.9 Å². The summed E-state index contributed by atoms with van der Waals surface area (Å²) in [5.41, 5.74) is 3.95. The number of anilines is 2. The lowest BCUT2D eigenvalue weighted by atomic mass is 9.79. The van der Waals surface area contributed by atoms with Crippen molar-refractivity contribution in [2.24, 2.45) is 0 Å². The molecule has 6 rings (SSSR count). The molecule has 33 heavy (non-hydrogen) atoms. The summed E-state index contributed by atoms with van der Waals surface area (Å²) in [5.74, 6) is 0.818. The van der Waals surface area contributed by atoms with Gasteiger partial charge in [0.2, 0.25) is 5.88 Å². The highest BCUT2D eigenvalue weighted by molar-refractivity contribution is 7.92. The van der Waals surface area contributed by atoms with Gasteiger partial charge in [0.15, 0.2) is 11.6 Å². The molecule has 1 atom stereocenters. The van der Waals surface area contributed by atoms with Crippen LogP contribution in [0.5, 0.6) is 5.88 Å². The number of nitrogens with one attached hydrogen (secondary N) is 1. The van der Waals surface area contributed by atoms with Gasteiger partial charge in [-0.1, -0.05) is 11.2 Å². The van der Waals surface area contributed by atoms with E-state index >= 15 is 0 Å². The Bertz CT molecular complexity index is 1350. The van der Waals surface area contributed by atoms with Gasteiger partial charge in [-0.05, 0) is 55.5 Å². The molecular formula is C23H24N4O5S. The molecule has 0 radical (unpaired) electrons. The van der Waals surface area contributed by atoms with Crippen LogP contribution >= 0.6 is 0 Å². The number of pyridine rings is 1. The van der Waals surface area contributed by atoms with E-state index in [4.69, 9.17) is 9.26 Å². The largest absolute Gasteiger partial charge is 0.480 e. The van der Waals surface area contributed by atoms with Crippen LogP contribution in [0.2, 0.25) is 0 Å². The second kappa shape index (κ2) is 7.19. The summed E-state index contributed by atoms with van der Waals surface area (Å²) >= 11 is 0. The van der Waals surface area contributed by atoms with Crippen molar-refractivity contribution in [3.8, 4) is 17.2 Å². The third kappa shape index (κ3) is 3.27. The number of β-amino-alcohol motifs (C(OH)–C–C–N with tert-alkyl or cyclic N) is 1. The third-order valence-corrected chi connectivity index (χ3v) is 8.31. The van der Waals surface area contributed by atoms with Crippen LogP contribution in [-0.4, -0.2) is 50.0 Å². The topological polar surface area (TPSA) is 118 Å². The second-order valence-corrected chi connectivity index (χ2v) is 10.7. The molecule has 10 heteroatoms. The van der Waals surface area contributed by atoms with Crippen molar-refractivity contribution in [2.45, 2.75) is 42.1 Å². The van der Waals surface area contributed by atoms with Crippen molar-refractivity contribution in [1.82, 2.24) is 10.1 Å². The highest BCUT2D eigenvalue weighted by atomic mass is 32.2. The number of sulfonamides is 1. The molecule has 1 saturated heterocycles. The van der Waals surface area contributed by atoms with E-state index in [2.05, 4.69) is 38.0 Å². The van der Waals surface area contributed by atoms with Gasteiger partial charge in [-0.3, -0.25) is 4.72 Å². The zero-order valence-corrected chi connectivity index (χ0v) is 18.9. The van der Waals surface area contributed by atoms with Gasteiger partial charge in [-0.2, -0.15) is 0 Å². The molecule has 0 unspecified atom stereocenters. The summed E-state index contributed by atoms with van der Waals surface area (Å²) in [6.45, 7) is 1.40. The van der Waals surface area contributed by atoms with Crippen LogP contribution in [0, 0.1) is 0 Å². The molecule has 2 N–H and O–H groups in total. The number of fused-ring (bicyclic) bond motifs is 4. The number of aliphatic hydroxyl groups is 1. The monoisotopic (exact) mass is 468 g/mol. The fourth-order valence-corrected chi connectivity index (χ4v) is 6.22. The fourth-order valence-electron chi connectivity index (χ4n) is 5.07. The van der Waals surface area contributed by atoms with Crippen molar-refractivity contribution >= 4 is 21.5 Å². The lowest BCUT2D eigenvalue weighted by molar-refractivity contribution is 0.198. The Labute approximate surface area is 191 Å². The van der Waals surface area contributed by atoms with Crippen LogP contribution in [0.15, 0.2) is 45.9 Å². The molecule has 9 nitrogen and oxygen atoms in total. The number of ether oxygens (including phenoxy) is 1. The van der Waals surface area contributed by atoms with Gasteiger partial charge < -0.3 is 19.3 Å². The molecular weight excluding hydrogens is 444 g/mol. The van der Waals surface area contributed by atoms with Gasteiger partial charge in [0.05, 0.1) is 13.2 Å². The molecule has 3 aliphatic rings. The Morgan fingerprint density at radius 2 is 2.15 bits per heavy atom. The van der Waals surface area contributed by atoms with Crippen molar-refractivity contribution in [3.63, 3.8) is 0 Å². The van der Waals surface area contributed by atoms with Gasteiger partial charge in [0.1, 0.15) is 4.90 Å². The zero-order valence-electron chi connectivity index (χ0n) is 18.1. The van der Waals surface area contributed by atoms with Crippen LogP contribution in [-0.2, 0) is 21.9 Å². The molecule has 0 bridgehead atoms. The van der Waals surface area contributed by atoms with E-state index in [-0.39, 0.29) is 28.1 Å². The number of aromatic nitrogens is 2. The van der Waals surface area contributed by atoms with Gasteiger partial charge in [0.25, 0.3) is 10.0 Å². The predicted molar refractivity (Wildman–Crippen MR) is 121 cm³/mol. The van der Waals surface area contributed by atoms with Crippen LogP contribution < -0.4 is 14.4 Å². The summed E-state index contributed by atoms with van der Waals surface area (Å²) in [4.78, 5) is 6.09. The van der Waals surface area contributed by atoms with Crippen LogP contribution in [0.3, 0.4) is 0 Å². The van der Waals surface area contributed by atoms with Gasteiger partial charge in [-0.25, -0.2) is 13.4 Å². The molecule has 1 aliphatic heterocycles. The van der Waals surface area contributed by atoms with Crippen LogP contribution in [0.25, 0.3) is 11.3 Å². The number of benzene rings is 1. The molecule has 3 aromatic rings. The Balaban J connectivity index is 1.40. The Kier molecular flexibility index (Phi) is 4.47. The Morgan fingerprint density at radius 3 is 2.88 bits per heavy atom. The quantitative estimate of drug-likeness (QED) is 0.587. The number of rotatable bonds is 5. The lowest BCUT2D eigenvalue weighted by Crippen LogP contribution is -2.23. The molecule has 2 aromatic heterocycles. The molecule has 0 amide bonds. The standard InChI is InChI=1S/C23H24N4O5S/c1-31-22-19(3-2-9-24-22)33(29,30)26-21-17-12-23(7-8-23)18-5-4-14(27-10-6-15(28)13-27)11-16(18)20(17)32-25-21/h2-5,9,11,15,28H,6-8,10,12-13H2,1H3,(H,25,26)/t15-/m0/s1. The highest BCUT2D eigenvalue weighted by Crippen LogP contribution is 2.58. The van der Waals surface area contributed by atoms with Crippen molar-refractivity contribution in [1.29, 1.82) is 0 Å². The lowest BCUT2D eigenvalue weighted by Gasteiger charge is -2.27. The summed E-state index contributed by atoms with van der Waals surface area (Å²) in [5, 5.41) is 14.1. The average Bonchev–Trinajstić information content (AvgIpc) is 3.27. The third-order valence-electron chi connectivity index (χ3n) is 6.95. The van der Waals surface area contributed by atoms with E-state index in [9.17, 15) is 13.5 Å². The molecule has 172 valence electrons. The first-order valence-corrected chi connectivity index (χ1v) is 12.5. The second-order valence-electron chi connectivity index (χ2n) is 9.03. The van der Waals surface area contributed by atoms with E-state index in [1.54, 1.807) is 6.07 Å². The molecule has 1 saturated carbocycles. The summed E-state index contributed by atoms with van der Waals surface area (Å²) in [6, 6.07) is 9.32. The Morgan fingerprint density at radius 1 is 1.30 bits per heavy atom. The first-order chi connectivity index (χ1) is 15.9. The number of hydrogen-bond acceptors (Lipinski definition) is 8. The predicted octanol–water partition coefficient (Wildman–Crippen LogP) is 2.70. The number of hydrogen-bond donors (Lipinski definition) is 2. The maximum absolute atomic E-state index is 13.1. The van der Waals surface area contributed by atoms with Gasteiger partial charge in [0, 0.05) is 41.5 Å². The number of methoxy groups -OCH3 is 1. The van der Waals surface area contributed by atoms with Crippen molar-refractivity contribution < 1.29 is 22.8 Å². The van der Waals surface area contributed by atoms with E-state index in [1.807, 2.05) is 0 Å². The number of nitrogens with zero attached hydrogens (tertiary/aromatic N) is 3. The normalized spacial score (nSPS) is 20.4. The van der Waals surface area contributed by atoms with Gasteiger partial charge >= 0.3 is 0 Å². The molecule has 3 heterocycles. The maximum atomic E-state index is 13.1. The summed E-state index contributed by atoms with van der Waals surface area (Å²) < 4.78 is 39.6. The molecule has 2 fully saturated rings. The van der Waals surface area contributed by atoms with E-state index < -0.39 is 10.0 Å².